The van der Waals surface area contributed by atoms with Crippen molar-refractivity contribution in [2.75, 3.05) is 38.2 Å². The molecule has 0 saturated carbocycles. The van der Waals surface area contributed by atoms with Gasteiger partial charge >= 0.3 is 0 Å². The Morgan fingerprint density at radius 1 is 0.851 bits per heavy atom. The van der Waals surface area contributed by atoms with E-state index in [2.05, 4.69) is 79.1 Å². The highest BCUT2D eigenvalue weighted by molar-refractivity contribution is 7.92. The maximum Gasteiger partial charge on any atom is 0.232 e. The summed E-state index contributed by atoms with van der Waals surface area (Å²) in [5.41, 5.74) is 9.59. The normalized spacial score (nSPS) is 12.3. The largest absolute Gasteiger partial charge is 0.354 e. The number of sulfonamides is 1. The van der Waals surface area contributed by atoms with Crippen LogP contribution in [0.5, 0.6) is 0 Å². The lowest BCUT2D eigenvalue weighted by Gasteiger charge is -2.27. The van der Waals surface area contributed by atoms with Crippen molar-refractivity contribution in [3.8, 4) is 11.3 Å². The van der Waals surface area contributed by atoms with Crippen LogP contribution in [0.1, 0.15) is 94.0 Å². The van der Waals surface area contributed by atoms with Gasteiger partial charge in [0.2, 0.25) is 15.9 Å². The molecule has 0 atom stereocenters. The van der Waals surface area contributed by atoms with E-state index in [9.17, 15) is 13.2 Å². The monoisotopic (exact) mass is 658 g/mol. The number of amides is 1. The fourth-order valence-corrected chi connectivity index (χ4v) is 6.75. The van der Waals surface area contributed by atoms with Crippen molar-refractivity contribution in [1.29, 1.82) is 0 Å². The molecule has 0 saturated heterocycles. The van der Waals surface area contributed by atoms with Gasteiger partial charge < -0.3 is 15.2 Å². The molecule has 0 bridgehead atoms. The van der Waals surface area contributed by atoms with Crippen LogP contribution in [0.4, 0.5) is 5.69 Å². The van der Waals surface area contributed by atoms with Gasteiger partial charge in [0.1, 0.15) is 0 Å². The predicted molar refractivity (Wildman–Crippen MR) is 198 cm³/mol. The van der Waals surface area contributed by atoms with Gasteiger partial charge in [0, 0.05) is 36.4 Å². The quantitative estimate of drug-likeness (QED) is 0.113. The van der Waals surface area contributed by atoms with E-state index in [1.807, 2.05) is 52.2 Å². The number of aromatic nitrogens is 1. The standard InChI is InChI=1S/C39H54N4O3S/c1-26(2)29-22-30(27(3)4)24-31(23-29)37-34(35-25-32(15-18-36(35)41-37)39(5,6)38(44)43(7)8)19-21-40-20-11-10-12-28-13-16-33(17-14-28)42-47(9,45)46/h13-18,22-27,40-42H,10-12,19-21H2,1-9H3. The SMILES string of the molecule is CC(C)c1cc(-c2[nH]c3ccc(C(C)(C)C(=O)N(C)C)cc3c2CCNCCCCc2ccc(NS(C)(=O)=O)cc2)cc(C(C)C)c1. The zero-order valence-electron chi connectivity index (χ0n) is 29.8. The summed E-state index contributed by atoms with van der Waals surface area (Å²) in [6.07, 6.45) is 5.05. The summed E-state index contributed by atoms with van der Waals surface area (Å²) in [6.45, 7) is 14.8. The average molecular weight is 659 g/mol. The third-order valence-electron chi connectivity index (χ3n) is 9.05. The number of hydrogen-bond donors (Lipinski definition) is 3. The number of carbonyl (C=O) groups excluding carboxylic acids is 1. The van der Waals surface area contributed by atoms with Gasteiger partial charge in [-0.05, 0) is 134 Å². The molecule has 0 unspecified atom stereocenters. The van der Waals surface area contributed by atoms with E-state index in [4.69, 9.17) is 0 Å². The number of hydrogen-bond acceptors (Lipinski definition) is 4. The molecule has 1 heterocycles. The minimum absolute atomic E-state index is 0.0866. The van der Waals surface area contributed by atoms with Gasteiger partial charge in [0.25, 0.3) is 0 Å². The van der Waals surface area contributed by atoms with E-state index in [1.165, 1.54) is 33.2 Å². The summed E-state index contributed by atoms with van der Waals surface area (Å²) in [6, 6.07) is 21.1. The van der Waals surface area contributed by atoms with Crippen molar-refractivity contribution in [2.24, 2.45) is 0 Å². The molecule has 3 aromatic carbocycles. The summed E-state index contributed by atoms with van der Waals surface area (Å²) in [5, 5.41) is 4.85. The van der Waals surface area contributed by atoms with Gasteiger partial charge in [-0.15, -0.1) is 0 Å². The van der Waals surface area contributed by atoms with Crippen LogP contribution in [-0.4, -0.2) is 57.6 Å². The number of rotatable bonds is 15. The van der Waals surface area contributed by atoms with Crippen LogP contribution in [0.3, 0.4) is 0 Å². The second-order valence-electron chi connectivity index (χ2n) is 14.3. The number of aryl methyl sites for hydroxylation is 1. The molecule has 7 nitrogen and oxygen atoms in total. The smallest absolute Gasteiger partial charge is 0.232 e. The fourth-order valence-electron chi connectivity index (χ4n) is 6.18. The summed E-state index contributed by atoms with van der Waals surface area (Å²) < 4.78 is 25.4. The van der Waals surface area contributed by atoms with Crippen molar-refractivity contribution < 1.29 is 13.2 Å². The van der Waals surface area contributed by atoms with Crippen LogP contribution in [0.2, 0.25) is 0 Å². The molecule has 4 aromatic rings. The van der Waals surface area contributed by atoms with Crippen molar-refractivity contribution >= 4 is 32.5 Å². The third kappa shape index (κ3) is 9.26. The molecule has 0 fully saturated rings. The molecule has 0 radical (unpaired) electrons. The van der Waals surface area contributed by atoms with Crippen LogP contribution < -0.4 is 10.0 Å². The number of nitrogens with one attached hydrogen (secondary N) is 3. The van der Waals surface area contributed by atoms with E-state index in [0.717, 1.165) is 61.8 Å². The molecular weight excluding hydrogens is 605 g/mol. The Hall–Kier alpha value is -3.62. The third-order valence-corrected chi connectivity index (χ3v) is 9.65. The fraction of sp³-hybridized carbons (Fsp3) is 0.462. The second-order valence-corrected chi connectivity index (χ2v) is 16.0. The topological polar surface area (TPSA) is 94.3 Å². The Balaban J connectivity index is 1.53. The Morgan fingerprint density at radius 3 is 2.06 bits per heavy atom. The number of carbonyl (C=O) groups is 1. The lowest BCUT2D eigenvalue weighted by atomic mass is 9.82. The molecule has 0 aliphatic heterocycles. The van der Waals surface area contributed by atoms with E-state index in [-0.39, 0.29) is 5.91 Å². The molecule has 0 aliphatic rings. The van der Waals surface area contributed by atoms with Crippen LogP contribution >= 0.6 is 0 Å². The molecule has 1 aromatic heterocycles. The van der Waals surface area contributed by atoms with E-state index < -0.39 is 15.4 Å². The molecule has 4 rings (SSSR count). The Labute approximate surface area is 282 Å². The van der Waals surface area contributed by atoms with Gasteiger partial charge in [0.15, 0.2) is 0 Å². The van der Waals surface area contributed by atoms with Gasteiger partial charge in [-0.1, -0.05) is 52.0 Å². The lowest BCUT2D eigenvalue weighted by molar-refractivity contribution is -0.133. The van der Waals surface area contributed by atoms with Gasteiger partial charge in [-0.3, -0.25) is 9.52 Å². The first kappa shape index (κ1) is 36.2. The summed E-state index contributed by atoms with van der Waals surface area (Å²) in [4.78, 5) is 18.6. The molecular formula is C39H54N4O3S. The average Bonchev–Trinajstić information content (AvgIpc) is 3.37. The lowest BCUT2D eigenvalue weighted by Crippen LogP contribution is -2.39. The van der Waals surface area contributed by atoms with E-state index in [0.29, 0.717) is 17.5 Å². The number of fused-ring (bicyclic) bond motifs is 1. The highest BCUT2D eigenvalue weighted by Crippen LogP contribution is 2.37. The minimum atomic E-state index is -3.27. The first-order chi connectivity index (χ1) is 22.1. The Morgan fingerprint density at radius 2 is 1.49 bits per heavy atom. The summed E-state index contributed by atoms with van der Waals surface area (Å²) >= 11 is 0. The highest BCUT2D eigenvalue weighted by atomic mass is 32.2. The number of likely N-dealkylation sites (N-methyl/N-ethyl adjacent to an activating group) is 1. The molecule has 3 N–H and O–H groups in total. The van der Waals surface area contributed by atoms with Crippen LogP contribution in [0, 0.1) is 0 Å². The molecule has 0 aliphatic carbocycles. The first-order valence-electron chi connectivity index (χ1n) is 16.9. The van der Waals surface area contributed by atoms with Crippen molar-refractivity contribution in [2.45, 2.75) is 84.5 Å². The van der Waals surface area contributed by atoms with Gasteiger partial charge in [0.05, 0.1) is 11.7 Å². The second kappa shape index (κ2) is 15.1. The van der Waals surface area contributed by atoms with Crippen molar-refractivity contribution in [3.63, 3.8) is 0 Å². The summed E-state index contributed by atoms with van der Waals surface area (Å²) in [7, 11) is 0.364. The molecule has 47 heavy (non-hydrogen) atoms. The van der Waals surface area contributed by atoms with E-state index in [1.54, 1.807) is 4.90 Å². The summed E-state index contributed by atoms with van der Waals surface area (Å²) in [5.74, 6) is 0.936. The number of anilines is 1. The van der Waals surface area contributed by atoms with Crippen molar-refractivity contribution in [3.05, 3.63) is 88.5 Å². The molecule has 0 spiro atoms. The molecule has 254 valence electrons. The maximum absolute atomic E-state index is 13.2. The molecule has 8 heteroatoms. The Bertz CT molecular complexity index is 1760. The highest BCUT2D eigenvalue weighted by Gasteiger charge is 2.32. The Kier molecular flexibility index (Phi) is 11.6. The maximum atomic E-state index is 13.2. The predicted octanol–water partition coefficient (Wildman–Crippen LogP) is 7.97. The minimum Gasteiger partial charge on any atom is -0.354 e. The number of aromatic amines is 1. The number of unbranched alkanes of at least 4 members (excludes halogenated alkanes) is 1. The zero-order valence-corrected chi connectivity index (χ0v) is 30.6. The number of H-pyrrole nitrogens is 1. The van der Waals surface area contributed by atoms with Gasteiger partial charge in [-0.2, -0.15) is 0 Å². The molecule has 1 amide bonds. The van der Waals surface area contributed by atoms with Gasteiger partial charge in [-0.25, -0.2) is 8.42 Å². The number of benzene rings is 3. The zero-order chi connectivity index (χ0) is 34.5. The van der Waals surface area contributed by atoms with E-state index >= 15 is 0 Å². The first-order valence-corrected chi connectivity index (χ1v) is 18.8. The van der Waals surface area contributed by atoms with Crippen LogP contribution in [0.25, 0.3) is 22.2 Å². The van der Waals surface area contributed by atoms with Crippen molar-refractivity contribution in [1.82, 2.24) is 15.2 Å². The van der Waals surface area contributed by atoms with Crippen LogP contribution in [-0.2, 0) is 33.1 Å². The number of nitrogens with zero attached hydrogens (tertiary/aromatic N) is 1. The van der Waals surface area contributed by atoms with Crippen LogP contribution in [0.15, 0.2) is 60.7 Å².